The number of carbonyl (C=O) groups excluding carboxylic acids is 3. The van der Waals surface area contributed by atoms with Gasteiger partial charge in [-0.05, 0) is 31.2 Å². The molecule has 124 valence electrons. The molecule has 0 aliphatic rings. The van der Waals surface area contributed by atoms with Gasteiger partial charge in [0.05, 0.1) is 10.6 Å². The lowest BCUT2D eigenvalue weighted by atomic mass is 10.2. The van der Waals surface area contributed by atoms with Crippen molar-refractivity contribution >= 4 is 29.4 Å². The number of ether oxygens (including phenoxy) is 1. The summed E-state index contributed by atoms with van der Waals surface area (Å²) in [4.78, 5) is 35.7. The molecule has 2 aromatic rings. The van der Waals surface area contributed by atoms with Crippen molar-refractivity contribution in [3.8, 4) is 0 Å². The summed E-state index contributed by atoms with van der Waals surface area (Å²) >= 11 is 5.89. The molecule has 1 atom stereocenters. The van der Waals surface area contributed by atoms with Crippen molar-refractivity contribution in [3.05, 3.63) is 70.7 Å². The fourth-order valence-corrected chi connectivity index (χ4v) is 2.00. The Morgan fingerprint density at radius 1 is 0.958 bits per heavy atom. The second-order valence-corrected chi connectivity index (χ2v) is 5.24. The van der Waals surface area contributed by atoms with Crippen LogP contribution in [0, 0.1) is 0 Å². The molecule has 0 aliphatic carbocycles. The van der Waals surface area contributed by atoms with E-state index in [2.05, 4.69) is 10.9 Å². The number of amides is 2. The Kier molecular flexibility index (Phi) is 5.92. The first-order valence-electron chi connectivity index (χ1n) is 7.10. The fourth-order valence-electron chi connectivity index (χ4n) is 1.79. The van der Waals surface area contributed by atoms with Crippen LogP contribution in [-0.4, -0.2) is 23.9 Å². The molecule has 2 aromatic carbocycles. The average Bonchev–Trinajstić information content (AvgIpc) is 2.60. The molecule has 0 spiro atoms. The SMILES string of the molecule is C[C@@H](OC(=O)c1ccccc1Cl)C(=O)NNC(=O)c1ccccc1. The van der Waals surface area contributed by atoms with Gasteiger partial charge >= 0.3 is 5.97 Å². The van der Waals surface area contributed by atoms with E-state index in [9.17, 15) is 14.4 Å². The molecule has 0 saturated heterocycles. The molecule has 0 fully saturated rings. The summed E-state index contributed by atoms with van der Waals surface area (Å²) in [6.45, 7) is 1.39. The molecule has 0 aromatic heterocycles. The highest BCUT2D eigenvalue weighted by atomic mass is 35.5. The molecule has 0 heterocycles. The normalized spacial score (nSPS) is 11.2. The fraction of sp³-hybridized carbons (Fsp3) is 0.118. The predicted octanol–water partition coefficient (Wildman–Crippen LogP) is 2.35. The second-order valence-electron chi connectivity index (χ2n) is 4.84. The van der Waals surface area contributed by atoms with Crippen LogP contribution in [0.2, 0.25) is 5.02 Å². The van der Waals surface area contributed by atoms with Crippen molar-refractivity contribution in [2.45, 2.75) is 13.0 Å². The number of hydrazine groups is 1. The smallest absolute Gasteiger partial charge is 0.340 e. The first-order valence-corrected chi connectivity index (χ1v) is 7.47. The Morgan fingerprint density at radius 2 is 1.58 bits per heavy atom. The van der Waals surface area contributed by atoms with Crippen LogP contribution in [0.3, 0.4) is 0 Å². The van der Waals surface area contributed by atoms with Gasteiger partial charge in [0.15, 0.2) is 6.10 Å². The van der Waals surface area contributed by atoms with Crippen LogP contribution in [-0.2, 0) is 9.53 Å². The number of hydrogen-bond acceptors (Lipinski definition) is 4. The number of rotatable bonds is 4. The van der Waals surface area contributed by atoms with Crippen LogP contribution in [0.5, 0.6) is 0 Å². The molecule has 7 heteroatoms. The number of halogens is 1. The molecule has 0 saturated carbocycles. The Morgan fingerprint density at radius 3 is 2.25 bits per heavy atom. The van der Waals surface area contributed by atoms with Crippen molar-refractivity contribution in [3.63, 3.8) is 0 Å². The molecule has 6 nitrogen and oxygen atoms in total. The molecule has 0 aliphatic heterocycles. The van der Waals surface area contributed by atoms with Gasteiger partial charge in [-0.25, -0.2) is 4.79 Å². The summed E-state index contributed by atoms with van der Waals surface area (Å²) < 4.78 is 5.03. The minimum atomic E-state index is -1.11. The van der Waals surface area contributed by atoms with Gasteiger partial charge in [0.25, 0.3) is 11.8 Å². The van der Waals surface area contributed by atoms with Gasteiger partial charge in [-0.2, -0.15) is 0 Å². The second kappa shape index (κ2) is 8.12. The van der Waals surface area contributed by atoms with E-state index in [4.69, 9.17) is 16.3 Å². The van der Waals surface area contributed by atoms with Crippen LogP contribution in [0.25, 0.3) is 0 Å². The van der Waals surface area contributed by atoms with E-state index in [-0.39, 0.29) is 10.6 Å². The quantitative estimate of drug-likeness (QED) is 0.657. The van der Waals surface area contributed by atoms with Gasteiger partial charge in [-0.1, -0.05) is 41.9 Å². The zero-order chi connectivity index (χ0) is 17.5. The van der Waals surface area contributed by atoms with Gasteiger partial charge in [0.1, 0.15) is 0 Å². The minimum absolute atomic E-state index is 0.159. The molecule has 0 unspecified atom stereocenters. The monoisotopic (exact) mass is 346 g/mol. The molecular weight excluding hydrogens is 332 g/mol. The van der Waals surface area contributed by atoms with E-state index in [1.165, 1.54) is 13.0 Å². The summed E-state index contributed by atoms with van der Waals surface area (Å²) in [6, 6.07) is 14.7. The zero-order valence-corrected chi connectivity index (χ0v) is 13.5. The maximum Gasteiger partial charge on any atom is 0.340 e. The van der Waals surface area contributed by atoms with Crippen molar-refractivity contribution in [2.24, 2.45) is 0 Å². The van der Waals surface area contributed by atoms with Gasteiger partial charge < -0.3 is 4.74 Å². The Balaban J connectivity index is 1.87. The van der Waals surface area contributed by atoms with Gasteiger partial charge in [-0.3, -0.25) is 20.4 Å². The lowest BCUT2D eigenvalue weighted by Gasteiger charge is -2.14. The van der Waals surface area contributed by atoms with Gasteiger partial charge in [0.2, 0.25) is 0 Å². The Hall–Kier alpha value is -2.86. The van der Waals surface area contributed by atoms with Gasteiger partial charge in [-0.15, -0.1) is 0 Å². The molecule has 0 radical (unpaired) electrons. The van der Waals surface area contributed by atoms with Crippen LogP contribution >= 0.6 is 11.6 Å². The maximum atomic E-state index is 12.0. The van der Waals surface area contributed by atoms with E-state index >= 15 is 0 Å². The highest BCUT2D eigenvalue weighted by molar-refractivity contribution is 6.33. The van der Waals surface area contributed by atoms with E-state index in [0.29, 0.717) is 5.56 Å². The summed E-state index contributed by atoms with van der Waals surface area (Å²) in [7, 11) is 0. The topological polar surface area (TPSA) is 84.5 Å². The average molecular weight is 347 g/mol. The third kappa shape index (κ3) is 4.57. The standard InChI is InChI=1S/C17H15ClN2O4/c1-11(24-17(23)13-9-5-6-10-14(13)18)15(21)19-20-16(22)12-7-3-2-4-8-12/h2-11H,1H3,(H,19,21)(H,20,22)/t11-/m1/s1. The molecule has 2 amide bonds. The largest absolute Gasteiger partial charge is 0.449 e. The molecule has 24 heavy (non-hydrogen) atoms. The lowest BCUT2D eigenvalue weighted by Crippen LogP contribution is -2.46. The number of hydrogen-bond donors (Lipinski definition) is 2. The number of nitrogens with one attached hydrogen (secondary N) is 2. The summed E-state index contributed by atoms with van der Waals surface area (Å²) in [5, 5.41) is 0.229. The maximum absolute atomic E-state index is 12.0. The van der Waals surface area contributed by atoms with Crippen LogP contribution < -0.4 is 10.9 Å². The lowest BCUT2D eigenvalue weighted by molar-refractivity contribution is -0.129. The Labute approximate surface area is 143 Å². The van der Waals surface area contributed by atoms with Crippen molar-refractivity contribution < 1.29 is 19.1 Å². The molecular formula is C17H15ClN2O4. The third-order valence-electron chi connectivity index (χ3n) is 3.08. The summed E-state index contributed by atoms with van der Waals surface area (Å²) in [5.74, 6) is -1.87. The highest BCUT2D eigenvalue weighted by Crippen LogP contribution is 2.16. The number of esters is 1. The number of carbonyl (C=O) groups is 3. The third-order valence-corrected chi connectivity index (χ3v) is 3.41. The van der Waals surface area contributed by atoms with Crippen LogP contribution in [0.15, 0.2) is 54.6 Å². The summed E-state index contributed by atoms with van der Waals surface area (Å²) in [5.41, 5.74) is 5.00. The zero-order valence-electron chi connectivity index (χ0n) is 12.8. The highest BCUT2D eigenvalue weighted by Gasteiger charge is 2.20. The molecule has 0 bridgehead atoms. The van der Waals surface area contributed by atoms with Gasteiger partial charge in [0, 0.05) is 5.56 Å². The minimum Gasteiger partial charge on any atom is -0.449 e. The first-order chi connectivity index (χ1) is 11.5. The summed E-state index contributed by atoms with van der Waals surface area (Å²) in [6.07, 6.45) is -1.11. The van der Waals surface area contributed by atoms with Crippen molar-refractivity contribution in [2.75, 3.05) is 0 Å². The number of benzene rings is 2. The van der Waals surface area contributed by atoms with E-state index in [1.807, 2.05) is 0 Å². The van der Waals surface area contributed by atoms with Crippen molar-refractivity contribution in [1.82, 2.24) is 10.9 Å². The molecule has 2 rings (SSSR count). The van der Waals surface area contributed by atoms with Crippen molar-refractivity contribution in [1.29, 1.82) is 0 Å². The van der Waals surface area contributed by atoms with Crippen LogP contribution in [0.1, 0.15) is 27.6 Å². The molecule has 2 N–H and O–H groups in total. The predicted molar refractivity (Wildman–Crippen MR) is 88.4 cm³/mol. The van der Waals surface area contributed by atoms with E-state index in [1.54, 1.807) is 48.5 Å². The van der Waals surface area contributed by atoms with Crippen LogP contribution in [0.4, 0.5) is 0 Å². The first kappa shape index (κ1) is 17.5. The Bertz CT molecular complexity index is 749. The van der Waals surface area contributed by atoms with E-state index in [0.717, 1.165) is 0 Å². The van der Waals surface area contributed by atoms with E-state index < -0.39 is 23.9 Å².